The van der Waals surface area contributed by atoms with Crippen molar-refractivity contribution in [1.29, 1.82) is 10.5 Å². The van der Waals surface area contributed by atoms with Crippen LogP contribution in [0.25, 0.3) is 0 Å². The molecule has 3 rings (SSSR count). The predicted octanol–water partition coefficient (Wildman–Crippen LogP) is 3.99. The van der Waals surface area contributed by atoms with Crippen LogP contribution in [0.1, 0.15) is 12.8 Å². The van der Waals surface area contributed by atoms with Gasteiger partial charge in [0.05, 0.1) is 25.0 Å². The smallest absolute Gasteiger partial charge is 0.233 e. The summed E-state index contributed by atoms with van der Waals surface area (Å²) in [6.45, 7) is 0.857. The van der Waals surface area contributed by atoms with Gasteiger partial charge in [0.15, 0.2) is 0 Å². The van der Waals surface area contributed by atoms with Crippen LogP contribution in [0.3, 0.4) is 0 Å². The molecule has 0 radical (unpaired) electrons. The van der Waals surface area contributed by atoms with E-state index in [4.69, 9.17) is 10.5 Å². The van der Waals surface area contributed by atoms with Crippen molar-refractivity contribution in [2.45, 2.75) is 12.8 Å². The highest BCUT2D eigenvalue weighted by Crippen LogP contribution is 2.20. The molecule has 0 aliphatic rings. The van der Waals surface area contributed by atoms with Crippen molar-refractivity contribution in [2.24, 2.45) is 0 Å². The second kappa shape index (κ2) is 10.2. The van der Waals surface area contributed by atoms with Gasteiger partial charge in [-0.2, -0.15) is 25.5 Å². The number of para-hydroxylation sites is 2. The zero-order chi connectivity index (χ0) is 20.3. The van der Waals surface area contributed by atoms with E-state index in [1.54, 1.807) is 0 Å². The number of rotatable bonds is 9. The van der Waals surface area contributed by atoms with Crippen molar-refractivity contribution in [3.05, 3.63) is 60.7 Å². The van der Waals surface area contributed by atoms with Gasteiger partial charge in [0, 0.05) is 24.5 Å². The van der Waals surface area contributed by atoms with Crippen LogP contribution in [0.2, 0.25) is 0 Å². The molecule has 0 amide bonds. The van der Waals surface area contributed by atoms with E-state index in [-0.39, 0.29) is 0 Å². The van der Waals surface area contributed by atoms with Crippen molar-refractivity contribution in [2.75, 3.05) is 28.6 Å². The number of anilines is 5. The molecular formula is C21H20N8. The summed E-state index contributed by atoms with van der Waals surface area (Å²) in [6.07, 6.45) is 0.611. The van der Waals surface area contributed by atoms with Crippen LogP contribution >= 0.6 is 0 Å². The maximum absolute atomic E-state index is 8.97. The molecule has 1 heterocycles. The maximum Gasteiger partial charge on any atom is 0.233 e. The predicted molar refractivity (Wildman–Crippen MR) is 112 cm³/mol. The molecule has 0 aliphatic heterocycles. The minimum absolute atomic E-state index is 0.306. The summed E-state index contributed by atoms with van der Waals surface area (Å²) in [5.74, 6) is 1.15. The summed E-state index contributed by atoms with van der Waals surface area (Å²) in [6, 6.07) is 23.4. The lowest BCUT2D eigenvalue weighted by atomic mass is 10.3. The molecule has 0 saturated carbocycles. The van der Waals surface area contributed by atoms with Crippen LogP contribution in [-0.2, 0) is 0 Å². The number of hydrogen-bond acceptors (Lipinski definition) is 8. The molecule has 0 unspecified atom stereocenters. The molecule has 144 valence electrons. The van der Waals surface area contributed by atoms with Crippen LogP contribution < -0.4 is 15.5 Å². The molecule has 8 nitrogen and oxygen atoms in total. The first-order valence-electron chi connectivity index (χ1n) is 9.17. The maximum atomic E-state index is 8.97. The highest BCUT2D eigenvalue weighted by molar-refractivity contribution is 5.59. The lowest BCUT2D eigenvalue weighted by Crippen LogP contribution is -2.28. The van der Waals surface area contributed by atoms with Crippen molar-refractivity contribution in [1.82, 2.24) is 15.0 Å². The number of nitrogens with one attached hydrogen (secondary N) is 2. The molecule has 0 bridgehead atoms. The van der Waals surface area contributed by atoms with Gasteiger partial charge in [-0.3, -0.25) is 0 Å². The average molecular weight is 384 g/mol. The molecule has 1 aromatic heterocycles. The minimum atomic E-state index is 0.306. The summed E-state index contributed by atoms with van der Waals surface area (Å²) in [7, 11) is 0. The second-order valence-electron chi connectivity index (χ2n) is 6.07. The fourth-order valence-electron chi connectivity index (χ4n) is 2.60. The Morgan fingerprint density at radius 3 is 1.55 bits per heavy atom. The van der Waals surface area contributed by atoms with Gasteiger partial charge in [0.1, 0.15) is 0 Å². The van der Waals surface area contributed by atoms with E-state index in [0.29, 0.717) is 43.8 Å². The SMILES string of the molecule is N#CCCN(CCC#N)c1nc(Nc2ccccc2)nc(Nc2ccccc2)n1. The number of aromatic nitrogens is 3. The zero-order valence-corrected chi connectivity index (χ0v) is 15.8. The minimum Gasteiger partial charge on any atom is -0.339 e. The second-order valence-corrected chi connectivity index (χ2v) is 6.07. The monoisotopic (exact) mass is 384 g/mol. The standard InChI is InChI=1S/C21H20N8/c22-13-7-15-29(16-8-14-23)21-27-19(24-17-9-3-1-4-10-17)26-20(28-21)25-18-11-5-2-6-12-18/h1-6,9-12H,7-8,15-16H2,(H2,24,25,26,27,28). The topological polar surface area (TPSA) is 114 Å². The van der Waals surface area contributed by atoms with Gasteiger partial charge in [-0.05, 0) is 24.3 Å². The molecule has 3 aromatic rings. The Morgan fingerprint density at radius 2 is 1.14 bits per heavy atom. The summed E-state index contributed by atoms with van der Waals surface area (Å²) in [4.78, 5) is 15.3. The Hall–Kier alpha value is -4.17. The van der Waals surface area contributed by atoms with E-state index in [2.05, 4.69) is 37.7 Å². The first-order chi connectivity index (χ1) is 14.3. The Morgan fingerprint density at radius 1 is 0.690 bits per heavy atom. The summed E-state index contributed by atoms with van der Waals surface area (Å²) < 4.78 is 0. The molecule has 29 heavy (non-hydrogen) atoms. The third-order valence-electron chi connectivity index (χ3n) is 3.95. The van der Waals surface area contributed by atoms with Crippen molar-refractivity contribution >= 4 is 29.2 Å². The van der Waals surface area contributed by atoms with Gasteiger partial charge in [0.25, 0.3) is 0 Å². The number of benzene rings is 2. The molecule has 0 atom stereocenters. The Labute approximate surface area is 169 Å². The third kappa shape index (κ3) is 5.91. The molecule has 2 N–H and O–H groups in total. The number of hydrogen-bond donors (Lipinski definition) is 2. The van der Waals surface area contributed by atoms with Gasteiger partial charge in [-0.1, -0.05) is 36.4 Å². The number of nitrogens with zero attached hydrogens (tertiary/aromatic N) is 6. The molecule has 8 heteroatoms. The average Bonchev–Trinajstić information content (AvgIpc) is 2.75. The first kappa shape index (κ1) is 19.6. The van der Waals surface area contributed by atoms with Gasteiger partial charge in [-0.15, -0.1) is 0 Å². The summed E-state index contributed by atoms with van der Waals surface area (Å²) in [5.41, 5.74) is 1.69. The van der Waals surface area contributed by atoms with Gasteiger partial charge >= 0.3 is 0 Å². The quantitative estimate of drug-likeness (QED) is 0.569. The largest absolute Gasteiger partial charge is 0.339 e. The fourth-order valence-corrected chi connectivity index (χ4v) is 2.60. The van der Waals surface area contributed by atoms with Crippen LogP contribution in [0.4, 0.5) is 29.2 Å². The van der Waals surface area contributed by atoms with Crippen molar-refractivity contribution in [3.63, 3.8) is 0 Å². The Bertz CT molecular complexity index is 915. The Balaban J connectivity index is 1.94. The normalized spacial score (nSPS) is 9.86. The van der Waals surface area contributed by atoms with Crippen LogP contribution in [0, 0.1) is 22.7 Å². The van der Waals surface area contributed by atoms with Crippen molar-refractivity contribution in [3.8, 4) is 12.1 Å². The Kier molecular flexibility index (Phi) is 6.92. The van der Waals surface area contributed by atoms with Gasteiger partial charge in [-0.25, -0.2) is 0 Å². The first-order valence-corrected chi connectivity index (χ1v) is 9.17. The van der Waals surface area contributed by atoms with E-state index < -0.39 is 0 Å². The van der Waals surface area contributed by atoms with E-state index in [1.165, 1.54) is 0 Å². The lowest BCUT2D eigenvalue weighted by Gasteiger charge is -2.21. The molecule has 0 aliphatic carbocycles. The molecule has 0 fully saturated rings. The van der Waals surface area contributed by atoms with Crippen LogP contribution in [-0.4, -0.2) is 28.0 Å². The fraction of sp³-hybridized carbons (Fsp3) is 0.190. The van der Waals surface area contributed by atoms with Crippen LogP contribution in [0.5, 0.6) is 0 Å². The van der Waals surface area contributed by atoms with Crippen molar-refractivity contribution < 1.29 is 0 Å². The molecule has 0 saturated heterocycles. The van der Waals surface area contributed by atoms with E-state index in [1.807, 2.05) is 65.6 Å². The van der Waals surface area contributed by atoms with Crippen LogP contribution in [0.15, 0.2) is 60.7 Å². The van der Waals surface area contributed by atoms with E-state index >= 15 is 0 Å². The molecule has 2 aromatic carbocycles. The summed E-state index contributed by atoms with van der Waals surface area (Å²) in [5, 5.41) is 24.3. The molecular weight excluding hydrogens is 364 g/mol. The third-order valence-corrected chi connectivity index (χ3v) is 3.95. The number of nitriles is 2. The van der Waals surface area contributed by atoms with E-state index in [0.717, 1.165) is 11.4 Å². The molecule has 0 spiro atoms. The summed E-state index contributed by atoms with van der Waals surface area (Å²) >= 11 is 0. The van der Waals surface area contributed by atoms with Gasteiger partial charge in [0.2, 0.25) is 17.8 Å². The highest BCUT2D eigenvalue weighted by Gasteiger charge is 2.14. The lowest BCUT2D eigenvalue weighted by molar-refractivity contribution is 0.762. The zero-order valence-electron chi connectivity index (χ0n) is 15.8. The highest BCUT2D eigenvalue weighted by atomic mass is 15.3. The van der Waals surface area contributed by atoms with Gasteiger partial charge < -0.3 is 15.5 Å². The van der Waals surface area contributed by atoms with E-state index in [9.17, 15) is 0 Å².